The number of carbonyl (C=O) groups is 1. The van der Waals surface area contributed by atoms with E-state index < -0.39 is 5.54 Å². The van der Waals surface area contributed by atoms with E-state index in [1.807, 2.05) is 14.1 Å². The molecule has 1 aliphatic rings. The lowest BCUT2D eigenvalue weighted by molar-refractivity contribution is -0.129. The maximum Gasteiger partial charge on any atom is 0.240 e. The van der Waals surface area contributed by atoms with Crippen LogP contribution in [0.15, 0.2) is 0 Å². The fourth-order valence-corrected chi connectivity index (χ4v) is 1.56. The molecule has 0 aromatic heterocycles. The van der Waals surface area contributed by atoms with E-state index in [9.17, 15) is 4.79 Å². The van der Waals surface area contributed by atoms with Gasteiger partial charge in [0.25, 0.3) is 0 Å². The van der Waals surface area contributed by atoms with Gasteiger partial charge in [0.05, 0.1) is 5.54 Å². The Hall–Kier alpha value is -0.650. The Labute approximate surface area is 97.3 Å². The topological polar surface area (TPSA) is 67.6 Å². The lowest BCUT2D eigenvalue weighted by Gasteiger charge is -2.32. The number of nitrogens with two attached hydrogens (primary N) is 1. The molecule has 0 aromatic rings. The molecule has 0 bridgehead atoms. The van der Waals surface area contributed by atoms with E-state index in [0.717, 1.165) is 0 Å². The molecule has 0 saturated carbocycles. The minimum Gasteiger partial charge on any atom is -0.381 e. The Bertz CT molecular complexity index is 237. The van der Waals surface area contributed by atoms with E-state index in [2.05, 4.69) is 17.1 Å². The number of hydrogen-bond acceptors (Lipinski definition) is 4. The van der Waals surface area contributed by atoms with Crippen LogP contribution in [0.5, 0.6) is 0 Å². The quantitative estimate of drug-likeness (QED) is 0.686. The highest BCUT2D eigenvalue weighted by Gasteiger charge is 2.35. The van der Waals surface area contributed by atoms with Crippen LogP contribution in [0.2, 0.25) is 0 Å². The first-order valence-electron chi connectivity index (χ1n) is 5.77. The zero-order chi connectivity index (χ0) is 12.2. The molecule has 0 radical (unpaired) electrons. The van der Waals surface area contributed by atoms with E-state index in [4.69, 9.17) is 10.5 Å². The molecule has 0 spiro atoms. The summed E-state index contributed by atoms with van der Waals surface area (Å²) in [5, 5.41) is 2.91. The van der Waals surface area contributed by atoms with Crippen molar-refractivity contribution in [2.24, 2.45) is 5.73 Å². The molecule has 3 N–H and O–H groups in total. The Morgan fingerprint density at radius 2 is 2.06 bits per heavy atom. The first kappa shape index (κ1) is 13.4. The normalized spacial score (nSPS) is 21.8. The average molecular weight is 229 g/mol. The van der Waals surface area contributed by atoms with Crippen LogP contribution in [-0.4, -0.2) is 56.2 Å². The average Bonchev–Trinajstić information content (AvgIpc) is 2.26. The van der Waals surface area contributed by atoms with E-state index in [1.165, 1.54) is 0 Å². The number of likely N-dealkylation sites (N-methyl/N-ethyl adjacent to an activating group) is 1. The fourth-order valence-electron chi connectivity index (χ4n) is 1.56. The summed E-state index contributed by atoms with van der Waals surface area (Å²) in [7, 11) is 3.98. The van der Waals surface area contributed by atoms with Gasteiger partial charge in [-0.15, -0.1) is 0 Å². The molecule has 0 aromatic carbocycles. The molecule has 1 amide bonds. The largest absolute Gasteiger partial charge is 0.381 e. The predicted octanol–water partition coefficient (Wildman–Crippen LogP) is -0.439. The molecular formula is C11H23N3O2. The Morgan fingerprint density at radius 3 is 2.56 bits per heavy atom. The van der Waals surface area contributed by atoms with Gasteiger partial charge in [0, 0.05) is 25.8 Å². The molecule has 5 heteroatoms. The van der Waals surface area contributed by atoms with Gasteiger partial charge in [0.1, 0.15) is 0 Å². The Balaban J connectivity index is 2.39. The van der Waals surface area contributed by atoms with Crippen LogP contribution >= 0.6 is 0 Å². The molecule has 1 heterocycles. The van der Waals surface area contributed by atoms with E-state index >= 15 is 0 Å². The van der Waals surface area contributed by atoms with Crippen LogP contribution in [0, 0.1) is 0 Å². The standard InChI is InChI=1S/C11H23N3O2/c1-9(14(2)3)8-13-10(15)11(12)4-6-16-7-5-11/h9H,4-8,12H2,1-3H3,(H,13,15). The van der Waals surface area contributed by atoms with Gasteiger partial charge in [-0.2, -0.15) is 0 Å². The summed E-state index contributed by atoms with van der Waals surface area (Å²) in [6, 6.07) is 0.312. The maximum atomic E-state index is 11.9. The molecule has 0 aliphatic carbocycles. The van der Waals surface area contributed by atoms with Crippen molar-refractivity contribution in [2.45, 2.75) is 31.3 Å². The van der Waals surface area contributed by atoms with Crippen LogP contribution in [-0.2, 0) is 9.53 Å². The fraction of sp³-hybridized carbons (Fsp3) is 0.909. The highest BCUT2D eigenvalue weighted by Crippen LogP contribution is 2.17. The second kappa shape index (κ2) is 5.61. The first-order valence-corrected chi connectivity index (χ1v) is 5.77. The summed E-state index contributed by atoms with van der Waals surface area (Å²) in [4.78, 5) is 14.0. The summed E-state index contributed by atoms with van der Waals surface area (Å²) in [5.74, 6) is -0.0514. The van der Waals surface area contributed by atoms with Crippen LogP contribution in [0.4, 0.5) is 0 Å². The minimum atomic E-state index is -0.732. The van der Waals surface area contributed by atoms with Crippen molar-refractivity contribution in [2.75, 3.05) is 33.9 Å². The summed E-state index contributed by atoms with van der Waals surface area (Å²) in [6.07, 6.45) is 1.21. The third-order valence-corrected chi connectivity index (χ3v) is 3.28. The SMILES string of the molecule is CC(CNC(=O)C1(N)CCOCC1)N(C)C. The van der Waals surface area contributed by atoms with E-state index in [-0.39, 0.29) is 5.91 Å². The molecule has 1 unspecified atom stereocenters. The van der Waals surface area contributed by atoms with Gasteiger partial charge >= 0.3 is 0 Å². The first-order chi connectivity index (χ1) is 7.46. The predicted molar refractivity (Wildman–Crippen MR) is 63.1 cm³/mol. The number of rotatable bonds is 4. The summed E-state index contributed by atoms with van der Waals surface area (Å²) >= 11 is 0. The van der Waals surface area contributed by atoms with Gasteiger partial charge in [-0.05, 0) is 33.9 Å². The highest BCUT2D eigenvalue weighted by molar-refractivity contribution is 5.86. The van der Waals surface area contributed by atoms with Crippen LogP contribution in [0.1, 0.15) is 19.8 Å². The number of hydrogen-bond donors (Lipinski definition) is 2. The van der Waals surface area contributed by atoms with Gasteiger partial charge in [0.15, 0.2) is 0 Å². The zero-order valence-electron chi connectivity index (χ0n) is 10.5. The van der Waals surface area contributed by atoms with E-state index in [1.54, 1.807) is 0 Å². The third-order valence-electron chi connectivity index (χ3n) is 3.28. The van der Waals surface area contributed by atoms with E-state index in [0.29, 0.717) is 38.6 Å². The summed E-state index contributed by atoms with van der Waals surface area (Å²) in [5.41, 5.74) is 5.33. The van der Waals surface area contributed by atoms with Crippen molar-refractivity contribution >= 4 is 5.91 Å². The highest BCUT2D eigenvalue weighted by atomic mass is 16.5. The van der Waals surface area contributed by atoms with Crippen molar-refractivity contribution < 1.29 is 9.53 Å². The number of nitrogens with zero attached hydrogens (tertiary/aromatic N) is 1. The molecule has 1 fully saturated rings. The van der Waals surface area contributed by atoms with Crippen LogP contribution in [0.3, 0.4) is 0 Å². The van der Waals surface area contributed by atoms with Crippen molar-refractivity contribution in [1.82, 2.24) is 10.2 Å². The van der Waals surface area contributed by atoms with Crippen LogP contribution in [0.25, 0.3) is 0 Å². The molecule has 5 nitrogen and oxygen atoms in total. The molecule has 1 atom stereocenters. The monoisotopic (exact) mass is 229 g/mol. The summed E-state index contributed by atoms with van der Waals surface area (Å²) in [6.45, 7) is 3.85. The lowest BCUT2D eigenvalue weighted by atomic mass is 9.90. The number of ether oxygens (including phenoxy) is 1. The van der Waals surface area contributed by atoms with Crippen LogP contribution < -0.4 is 11.1 Å². The summed E-state index contributed by atoms with van der Waals surface area (Å²) < 4.78 is 5.21. The van der Waals surface area contributed by atoms with Gasteiger partial charge in [-0.25, -0.2) is 0 Å². The third kappa shape index (κ3) is 3.43. The molecule has 1 aliphatic heterocycles. The Kier molecular flexibility index (Phi) is 4.70. The number of nitrogens with one attached hydrogen (secondary N) is 1. The number of carbonyl (C=O) groups excluding carboxylic acids is 1. The Morgan fingerprint density at radius 1 is 1.50 bits per heavy atom. The lowest BCUT2D eigenvalue weighted by Crippen LogP contribution is -2.58. The molecule has 1 saturated heterocycles. The van der Waals surface area contributed by atoms with Crippen molar-refractivity contribution in [3.63, 3.8) is 0 Å². The molecule has 16 heavy (non-hydrogen) atoms. The van der Waals surface area contributed by atoms with Crippen molar-refractivity contribution in [1.29, 1.82) is 0 Å². The zero-order valence-corrected chi connectivity index (χ0v) is 10.5. The van der Waals surface area contributed by atoms with Gasteiger partial charge < -0.3 is 20.7 Å². The molecule has 1 rings (SSSR count). The molecular weight excluding hydrogens is 206 g/mol. The van der Waals surface area contributed by atoms with Crippen molar-refractivity contribution in [3.8, 4) is 0 Å². The minimum absolute atomic E-state index is 0.0514. The smallest absolute Gasteiger partial charge is 0.240 e. The molecule has 94 valence electrons. The maximum absolute atomic E-state index is 11.9. The van der Waals surface area contributed by atoms with Gasteiger partial charge in [0.2, 0.25) is 5.91 Å². The second-order valence-corrected chi connectivity index (χ2v) is 4.79. The second-order valence-electron chi connectivity index (χ2n) is 4.79. The number of amides is 1. The van der Waals surface area contributed by atoms with Gasteiger partial charge in [-0.3, -0.25) is 4.79 Å². The van der Waals surface area contributed by atoms with Crippen molar-refractivity contribution in [3.05, 3.63) is 0 Å². The van der Waals surface area contributed by atoms with Gasteiger partial charge in [-0.1, -0.05) is 0 Å².